The molecule has 3 heterocycles. The second kappa shape index (κ2) is 15.7. The Morgan fingerprint density at radius 3 is 2.87 bits per heavy atom. The lowest BCUT2D eigenvalue weighted by atomic mass is 10.1. The summed E-state index contributed by atoms with van der Waals surface area (Å²) in [5.41, 5.74) is 1.32. The summed E-state index contributed by atoms with van der Waals surface area (Å²) in [7, 11) is -4.14. The Bertz CT molecular complexity index is 1220. The summed E-state index contributed by atoms with van der Waals surface area (Å²) in [4.78, 5) is 34.9. The van der Waals surface area contributed by atoms with E-state index in [1.807, 2.05) is 30.2 Å². The first kappa shape index (κ1) is 31.6. The maximum atomic E-state index is 12.4. The van der Waals surface area contributed by atoms with Crippen LogP contribution in [0.2, 0.25) is 0 Å². The number of hydrogen-bond acceptors (Lipinski definition) is 10. The van der Waals surface area contributed by atoms with Crippen molar-refractivity contribution in [2.75, 3.05) is 30.3 Å². The third-order valence-corrected chi connectivity index (χ3v) is 9.63. The van der Waals surface area contributed by atoms with Crippen LogP contribution in [0, 0.1) is 6.92 Å². The first-order valence-electron chi connectivity index (χ1n) is 12.6. The number of nitrogens with one attached hydrogen (secondary N) is 1. The minimum Gasteiger partial charge on any atom is -0.389 e. The van der Waals surface area contributed by atoms with Gasteiger partial charge >= 0.3 is 0 Å². The van der Waals surface area contributed by atoms with E-state index in [9.17, 15) is 23.1 Å². The van der Waals surface area contributed by atoms with Crippen molar-refractivity contribution in [2.45, 2.75) is 60.5 Å². The van der Waals surface area contributed by atoms with Crippen molar-refractivity contribution in [1.82, 2.24) is 20.2 Å². The predicted octanol–water partition coefficient (Wildman–Crippen LogP) is 3.43. The number of nitrogens with zero attached hydrogens (tertiary/aromatic N) is 3. The minimum absolute atomic E-state index is 0.0450. The molecule has 1 fully saturated rings. The number of rotatable bonds is 16. The molecule has 2 atom stereocenters. The Morgan fingerprint density at radius 1 is 1.31 bits per heavy atom. The lowest BCUT2D eigenvalue weighted by molar-refractivity contribution is -0.128. The third kappa shape index (κ3) is 11.6. The Labute approximate surface area is 241 Å². The number of amides is 2. The molecule has 0 unspecified atom stereocenters. The Kier molecular flexibility index (Phi) is 12.7. The van der Waals surface area contributed by atoms with Crippen LogP contribution in [-0.2, 0) is 14.9 Å². The number of aliphatic hydroxyl groups excluding tert-OH is 1. The SMILES string of the molecule is Cc1ccc(SCCCC[C@H](O)/C=C/[C@H]2CCC(=O)N2CCSc2nc(C(=O)NCCS(=O)(=O)O)cs2)nc1. The zero-order chi connectivity index (χ0) is 28.3. The van der Waals surface area contributed by atoms with E-state index in [2.05, 4.69) is 21.4 Å². The van der Waals surface area contributed by atoms with Crippen LogP contribution in [0.4, 0.5) is 0 Å². The van der Waals surface area contributed by atoms with E-state index < -0.39 is 27.9 Å². The fraction of sp³-hybridized carbons (Fsp3) is 0.520. The van der Waals surface area contributed by atoms with Crippen molar-refractivity contribution in [3.8, 4) is 0 Å². The third-order valence-electron chi connectivity index (χ3n) is 5.88. The van der Waals surface area contributed by atoms with Crippen LogP contribution in [0.15, 0.2) is 45.2 Å². The monoisotopic (exact) mass is 614 g/mol. The number of thiazole rings is 1. The van der Waals surface area contributed by atoms with E-state index in [4.69, 9.17) is 4.55 Å². The Hall–Kier alpha value is -1.97. The molecule has 0 spiro atoms. The lowest BCUT2D eigenvalue weighted by Crippen LogP contribution is -2.33. The van der Waals surface area contributed by atoms with Gasteiger partial charge < -0.3 is 15.3 Å². The average Bonchev–Trinajstić information content (AvgIpc) is 3.50. The molecule has 1 saturated heterocycles. The van der Waals surface area contributed by atoms with Crippen LogP contribution in [0.25, 0.3) is 0 Å². The molecule has 1 aliphatic rings. The van der Waals surface area contributed by atoms with Gasteiger partial charge in [0.2, 0.25) is 5.91 Å². The van der Waals surface area contributed by atoms with Gasteiger partial charge in [0.25, 0.3) is 16.0 Å². The van der Waals surface area contributed by atoms with E-state index in [0.717, 1.165) is 35.6 Å². The van der Waals surface area contributed by atoms with Gasteiger partial charge in [-0.2, -0.15) is 8.42 Å². The molecule has 214 valence electrons. The van der Waals surface area contributed by atoms with Gasteiger partial charge in [0.1, 0.15) is 5.69 Å². The number of unbranched alkanes of at least 4 members (excludes halogenated alkanes) is 1. The van der Waals surface area contributed by atoms with Gasteiger partial charge in [-0.25, -0.2) is 9.97 Å². The number of pyridine rings is 1. The molecule has 0 aliphatic carbocycles. The first-order chi connectivity index (χ1) is 18.6. The maximum absolute atomic E-state index is 12.4. The van der Waals surface area contributed by atoms with Crippen LogP contribution < -0.4 is 5.32 Å². The van der Waals surface area contributed by atoms with E-state index >= 15 is 0 Å². The predicted molar refractivity (Wildman–Crippen MR) is 155 cm³/mol. The van der Waals surface area contributed by atoms with Gasteiger partial charge in [-0.15, -0.1) is 23.1 Å². The largest absolute Gasteiger partial charge is 0.389 e. The molecule has 14 heteroatoms. The normalized spacial score (nSPS) is 16.7. The number of aryl methyl sites for hydroxylation is 1. The summed E-state index contributed by atoms with van der Waals surface area (Å²) in [6.45, 7) is 2.33. The van der Waals surface area contributed by atoms with Gasteiger partial charge in [-0.3, -0.25) is 14.1 Å². The molecule has 1 aliphatic heterocycles. The number of hydrogen-bond donors (Lipinski definition) is 3. The first-order valence-corrected chi connectivity index (χ1v) is 17.1. The van der Waals surface area contributed by atoms with Gasteiger partial charge in [0.15, 0.2) is 4.34 Å². The fourth-order valence-corrected chi connectivity index (χ4v) is 6.84. The summed E-state index contributed by atoms with van der Waals surface area (Å²) < 4.78 is 30.9. The Balaban J connectivity index is 1.35. The van der Waals surface area contributed by atoms with Crippen molar-refractivity contribution in [3.05, 3.63) is 47.1 Å². The molecule has 3 N–H and O–H groups in total. The second-order valence-corrected chi connectivity index (χ2v) is 13.9. The zero-order valence-corrected chi connectivity index (χ0v) is 25.0. The molecule has 39 heavy (non-hydrogen) atoms. The van der Waals surface area contributed by atoms with E-state index in [-0.39, 0.29) is 24.2 Å². The summed E-state index contributed by atoms with van der Waals surface area (Å²) in [6, 6.07) is 4.03. The molecule has 2 aromatic rings. The van der Waals surface area contributed by atoms with E-state index in [1.54, 1.807) is 23.2 Å². The highest BCUT2D eigenvalue weighted by atomic mass is 32.2. The summed E-state index contributed by atoms with van der Waals surface area (Å²) in [5.74, 6) is 0.562. The van der Waals surface area contributed by atoms with Gasteiger partial charge in [0, 0.05) is 36.8 Å². The molecule has 0 aromatic carbocycles. The van der Waals surface area contributed by atoms with Gasteiger partial charge in [0.05, 0.1) is 22.9 Å². The average molecular weight is 615 g/mol. The van der Waals surface area contributed by atoms with Crippen LogP contribution in [0.3, 0.4) is 0 Å². The van der Waals surface area contributed by atoms with Crippen LogP contribution in [0.5, 0.6) is 0 Å². The second-order valence-electron chi connectivity index (χ2n) is 9.05. The summed E-state index contributed by atoms with van der Waals surface area (Å²) in [5, 5.41) is 15.4. The smallest absolute Gasteiger partial charge is 0.270 e. The Morgan fingerprint density at radius 2 is 2.13 bits per heavy atom. The van der Waals surface area contributed by atoms with Gasteiger partial charge in [-0.1, -0.05) is 30.0 Å². The van der Waals surface area contributed by atoms with Crippen molar-refractivity contribution in [3.63, 3.8) is 0 Å². The minimum atomic E-state index is -4.14. The van der Waals surface area contributed by atoms with E-state index in [1.165, 1.54) is 23.1 Å². The standard InChI is InChI=1S/C25H34N4O6S4/c1-18-5-9-22(27-16-18)36-13-3-2-4-20(30)8-6-19-7-10-23(31)29(19)12-14-37-25-28-21(17-38-25)24(32)26-11-15-39(33,34)35/h5-6,8-9,16-17,19-20,30H,2-4,7,10-15H2,1H3,(H,26,32)(H,33,34,35)/b8-6+/t19-,20-/m0/s1. The zero-order valence-electron chi connectivity index (χ0n) is 21.7. The quantitative estimate of drug-likeness (QED) is 0.111. The molecule has 0 bridgehead atoms. The number of aromatic nitrogens is 2. The van der Waals surface area contributed by atoms with Gasteiger partial charge in [-0.05, 0) is 50.0 Å². The van der Waals surface area contributed by atoms with Crippen LogP contribution >= 0.6 is 34.9 Å². The fourth-order valence-electron chi connectivity index (χ4n) is 3.81. The number of carbonyl (C=O) groups excluding carboxylic acids is 2. The van der Waals surface area contributed by atoms with Crippen molar-refractivity contribution >= 4 is 56.8 Å². The number of aliphatic hydroxyl groups is 1. The van der Waals surface area contributed by atoms with Crippen LogP contribution in [-0.4, -0.2) is 87.3 Å². The van der Waals surface area contributed by atoms with Crippen LogP contribution in [0.1, 0.15) is 48.2 Å². The molecule has 2 aromatic heterocycles. The summed E-state index contributed by atoms with van der Waals surface area (Å²) >= 11 is 4.45. The number of carbonyl (C=O) groups is 2. The molecule has 2 amide bonds. The molecule has 10 nitrogen and oxygen atoms in total. The lowest BCUT2D eigenvalue weighted by Gasteiger charge is -2.22. The number of likely N-dealkylation sites (tertiary alicyclic amines) is 1. The van der Waals surface area contributed by atoms with Crippen molar-refractivity contribution in [1.29, 1.82) is 0 Å². The number of thioether (sulfide) groups is 2. The molecular formula is C25H34N4O6S4. The molecule has 0 saturated carbocycles. The summed E-state index contributed by atoms with van der Waals surface area (Å²) in [6.07, 6.45) is 8.81. The maximum Gasteiger partial charge on any atom is 0.270 e. The van der Waals surface area contributed by atoms with Crippen molar-refractivity contribution < 1.29 is 27.7 Å². The van der Waals surface area contributed by atoms with Crippen molar-refractivity contribution in [2.24, 2.45) is 0 Å². The molecule has 0 radical (unpaired) electrons. The highest BCUT2D eigenvalue weighted by Gasteiger charge is 2.28. The highest BCUT2D eigenvalue weighted by molar-refractivity contribution is 8.01. The highest BCUT2D eigenvalue weighted by Crippen LogP contribution is 2.26. The van der Waals surface area contributed by atoms with E-state index in [0.29, 0.717) is 29.5 Å². The topological polar surface area (TPSA) is 150 Å². The molecule has 3 rings (SSSR count). The molecular weight excluding hydrogens is 581 g/mol.